The van der Waals surface area contributed by atoms with Crippen LogP contribution in [0, 0.1) is 0 Å². The number of carboxylic acids is 1. The van der Waals surface area contributed by atoms with Gasteiger partial charge >= 0.3 is 5.97 Å². The standard InChI is InChI=1S/C11H10N2O3S/c1-6(14)9-8(5-12-13(9)2)10-7(11(15)16)3-4-17-10/h3-5H,1-2H3,(H,15,16). The lowest BCUT2D eigenvalue weighted by atomic mass is 10.1. The van der Waals surface area contributed by atoms with Crippen molar-refractivity contribution in [1.82, 2.24) is 9.78 Å². The van der Waals surface area contributed by atoms with Crippen molar-refractivity contribution >= 4 is 23.1 Å². The van der Waals surface area contributed by atoms with Crippen LogP contribution in [0.15, 0.2) is 17.6 Å². The molecule has 0 aliphatic carbocycles. The number of Topliss-reactive ketones (excluding diaryl/α,β-unsaturated/α-hetero) is 1. The number of rotatable bonds is 3. The van der Waals surface area contributed by atoms with Gasteiger partial charge in [0.1, 0.15) is 5.69 Å². The van der Waals surface area contributed by atoms with E-state index in [9.17, 15) is 9.59 Å². The van der Waals surface area contributed by atoms with E-state index in [0.29, 0.717) is 16.1 Å². The van der Waals surface area contributed by atoms with Gasteiger partial charge in [0.05, 0.1) is 16.6 Å². The third-order valence-electron chi connectivity index (χ3n) is 2.41. The molecule has 88 valence electrons. The first kappa shape index (κ1) is 11.5. The van der Waals surface area contributed by atoms with Crippen LogP contribution in [0.4, 0.5) is 0 Å². The van der Waals surface area contributed by atoms with Crippen molar-refractivity contribution in [2.45, 2.75) is 6.92 Å². The lowest BCUT2D eigenvalue weighted by Crippen LogP contribution is -2.05. The molecule has 0 amide bonds. The molecule has 2 rings (SSSR count). The summed E-state index contributed by atoms with van der Waals surface area (Å²) in [5, 5.41) is 14.7. The highest BCUT2D eigenvalue weighted by atomic mass is 32.1. The number of nitrogens with zero attached hydrogens (tertiary/aromatic N) is 2. The van der Waals surface area contributed by atoms with Crippen molar-refractivity contribution in [3.8, 4) is 10.4 Å². The van der Waals surface area contributed by atoms with Crippen molar-refractivity contribution in [3.63, 3.8) is 0 Å². The minimum absolute atomic E-state index is 0.135. The SMILES string of the molecule is CC(=O)c1c(-c2sccc2C(=O)O)cnn1C. The van der Waals surface area contributed by atoms with Crippen LogP contribution in [-0.2, 0) is 7.05 Å². The van der Waals surface area contributed by atoms with Crippen LogP contribution >= 0.6 is 11.3 Å². The molecule has 2 heterocycles. The Balaban J connectivity index is 2.65. The molecule has 1 N–H and O–H groups in total. The number of aromatic nitrogens is 2. The highest BCUT2D eigenvalue weighted by molar-refractivity contribution is 7.14. The van der Waals surface area contributed by atoms with E-state index in [1.807, 2.05) is 0 Å². The first-order valence-electron chi connectivity index (χ1n) is 4.86. The van der Waals surface area contributed by atoms with Crippen molar-refractivity contribution < 1.29 is 14.7 Å². The number of hydrogen-bond acceptors (Lipinski definition) is 4. The molecule has 0 aliphatic heterocycles. The van der Waals surface area contributed by atoms with E-state index in [2.05, 4.69) is 5.10 Å². The third kappa shape index (κ3) is 1.87. The molecule has 2 aromatic heterocycles. The van der Waals surface area contributed by atoms with Gasteiger partial charge in [-0.1, -0.05) is 0 Å². The van der Waals surface area contributed by atoms with Gasteiger partial charge in [0.25, 0.3) is 0 Å². The molecule has 5 nitrogen and oxygen atoms in total. The van der Waals surface area contributed by atoms with E-state index in [-0.39, 0.29) is 11.3 Å². The molecule has 0 unspecified atom stereocenters. The maximum absolute atomic E-state index is 11.5. The number of carbonyl (C=O) groups excluding carboxylic acids is 1. The lowest BCUT2D eigenvalue weighted by Gasteiger charge is -2.01. The lowest BCUT2D eigenvalue weighted by molar-refractivity contribution is 0.0698. The third-order valence-corrected chi connectivity index (χ3v) is 3.36. The van der Waals surface area contributed by atoms with Crippen molar-refractivity contribution in [2.75, 3.05) is 0 Å². The number of carbonyl (C=O) groups is 2. The Kier molecular flexibility index (Phi) is 2.81. The van der Waals surface area contributed by atoms with Crippen LogP contribution in [0.3, 0.4) is 0 Å². The molecule has 6 heteroatoms. The van der Waals surface area contributed by atoms with Gasteiger partial charge in [0.15, 0.2) is 5.78 Å². The smallest absolute Gasteiger partial charge is 0.337 e. The summed E-state index contributed by atoms with van der Waals surface area (Å²) in [6.07, 6.45) is 1.52. The van der Waals surface area contributed by atoms with Gasteiger partial charge in [0, 0.05) is 19.5 Å². The van der Waals surface area contributed by atoms with Crippen LogP contribution in [0.25, 0.3) is 10.4 Å². The maximum atomic E-state index is 11.5. The molecule has 0 saturated carbocycles. The van der Waals surface area contributed by atoms with Gasteiger partial charge in [0.2, 0.25) is 0 Å². The van der Waals surface area contributed by atoms with Crippen molar-refractivity contribution in [1.29, 1.82) is 0 Å². The highest BCUT2D eigenvalue weighted by Crippen LogP contribution is 2.32. The van der Waals surface area contributed by atoms with E-state index in [0.717, 1.165) is 0 Å². The summed E-state index contributed by atoms with van der Waals surface area (Å²) in [4.78, 5) is 23.1. The molecule has 2 aromatic rings. The van der Waals surface area contributed by atoms with Crippen LogP contribution in [0.1, 0.15) is 27.8 Å². The largest absolute Gasteiger partial charge is 0.478 e. The number of aryl methyl sites for hydroxylation is 1. The average molecular weight is 250 g/mol. The van der Waals surface area contributed by atoms with Crippen molar-refractivity contribution in [2.24, 2.45) is 7.05 Å². The van der Waals surface area contributed by atoms with Crippen molar-refractivity contribution in [3.05, 3.63) is 28.9 Å². The quantitative estimate of drug-likeness (QED) is 0.846. The topological polar surface area (TPSA) is 72.2 Å². The van der Waals surface area contributed by atoms with E-state index < -0.39 is 5.97 Å². The summed E-state index contributed by atoms with van der Waals surface area (Å²) in [5.41, 5.74) is 1.20. The Morgan fingerprint density at radius 3 is 2.76 bits per heavy atom. The molecule has 0 aliphatic rings. The molecule has 17 heavy (non-hydrogen) atoms. The van der Waals surface area contributed by atoms with Crippen LogP contribution < -0.4 is 0 Å². The Hall–Kier alpha value is -1.95. The van der Waals surface area contributed by atoms with E-state index in [1.165, 1.54) is 35.2 Å². The van der Waals surface area contributed by atoms with Gasteiger partial charge in [-0.3, -0.25) is 9.48 Å². The monoisotopic (exact) mass is 250 g/mol. The number of ketones is 1. The maximum Gasteiger partial charge on any atom is 0.337 e. The minimum Gasteiger partial charge on any atom is -0.478 e. The number of aromatic carboxylic acids is 1. The average Bonchev–Trinajstić information content (AvgIpc) is 2.82. The van der Waals surface area contributed by atoms with Gasteiger partial charge in [-0.2, -0.15) is 5.10 Å². The summed E-state index contributed by atoms with van der Waals surface area (Å²) < 4.78 is 1.46. The number of thiophene rings is 1. The summed E-state index contributed by atoms with van der Waals surface area (Å²) in [6.45, 7) is 1.44. The molecule has 0 atom stereocenters. The van der Waals surface area contributed by atoms with Gasteiger partial charge < -0.3 is 5.11 Å². The predicted molar refractivity (Wildman–Crippen MR) is 63.5 cm³/mol. The summed E-state index contributed by atoms with van der Waals surface area (Å²) in [5.74, 6) is -1.13. The fourth-order valence-corrected chi connectivity index (χ4v) is 2.61. The first-order valence-corrected chi connectivity index (χ1v) is 5.74. The van der Waals surface area contributed by atoms with E-state index >= 15 is 0 Å². The minimum atomic E-state index is -1.00. The second kappa shape index (κ2) is 4.14. The van der Waals surface area contributed by atoms with Crippen LogP contribution in [0.2, 0.25) is 0 Å². The summed E-state index contributed by atoms with van der Waals surface area (Å²) in [6, 6.07) is 1.53. The first-order chi connectivity index (χ1) is 8.02. The molecule has 0 bridgehead atoms. The van der Waals surface area contributed by atoms with Gasteiger partial charge in [-0.15, -0.1) is 11.3 Å². The Morgan fingerprint density at radius 1 is 1.47 bits per heavy atom. The molecule has 0 spiro atoms. The molecule has 0 fully saturated rings. The second-order valence-corrected chi connectivity index (χ2v) is 4.47. The van der Waals surface area contributed by atoms with E-state index in [4.69, 9.17) is 5.11 Å². The van der Waals surface area contributed by atoms with Gasteiger partial charge in [-0.25, -0.2) is 4.79 Å². The zero-order chi connectivity index (χ0) is 12.6. The van der Waals surface area contributed by atoms with E-state index in [1.54, 1.807) is 12.4 Å². The molecule has 0 aromatic carbocycles. The summed E-state index contributed by atoms with van der Waals surface area (Å²) >= 11 is 1.29. The molecular weight excluding hydrogens is 240 g/mol. The normalized spacial score (nSPS) is 10.5. The fourth-order valence-electron chi connectivity index (χ4n) is 1.71. The molecular formula is C11H10N2O3S. The molecule has 0 radical (unpaired) electrons. The predicted octanol–water partition coefficient (Wildman–Crippen LogP) is 2.05. The highest BCUT2D eigenvalue weighted by Gasteiger charge is 2.20. The van der Waals surface area contributed by atoms with Gasteiger partial charge in [-0.05, 0) is 11.4 Å². The zero-order valence-electron chi connectivity index (χ0n) is 9.30. The Bertz CT molecular complexity index is 598. The number of carboxylic acid groups (broad SMARTS) is 1. The summed E-state index contributed by atoms with van der Waals surface area (Å²) in [7, 11) is 1.66. The number of hydrogen-bond donors (Lipinski definition) is 1. The Morgan fingerprint density at radius 2 is 2.18 bits per heavy atom. The second-order valence-electron chi connectivity index (χ2n) is 3.56. The zero-order valence-corrected chi connectivity index (χ0v) is 10.1. The fraction of sp³-hybridized carbons (Fsp3) is 0.182. The van der Waals surface area contributed by atoms with Crippen LogP contribution in [0.5, 0.6) is 0 Å². The Labute approximate surface area is 101 Å². The molecule has 0 saturated heterocycles. The van der Waals surface area contributed by atoms with Crippen LogP contribution in [-0.4, -0.2) is 26.6 Å².